The van der Waals surface area contributed by atoms with Gasteiger partial charge in [0, 0.05) is 31.0 Å². The quantitative estimate of drug-likeness (QED) is 0.679. The minimum Gasteiger partial charge on any atom is -0.335 e. The minimum atomic E-state index is -0.275. The molecule has 140 valence electrons. The van der Waals surface area contributed by atoms with Crippen LogP contribution in [-0.4, -0.2) is 22.6 Å². The fraction of sp³-hybridized carbons (Fsp3) is 0.391. The Morgan fingerprint density at radius 2 is 1.70 bits per heavy atom. The third kappa shape index (κ3) is 4.26. The van der Waals surface area contributed by atoms with E-state index in [0.29, 0.717) is 6.54 Å². The lowest BCUT2D eigenvalue weighted by Gasteiger charge is -2.22. The van der Waals surface area contributed by atoms with E-state index in [1.165, 1.54) is 23.3 Å². The zero-order valence-electron chi connectivity index (χ0n) is 15.4. The van der Waals surface area contributed by atoms with Gasteiger partial charge in [-0.05, 0) is 67.0 Å². The van der Waals surface area contributed by atoms with Crippen molar-refractivity contribution in [2.75, 3.05) is 0 Å². The number of benzene rings is 2. The predicted octanol–water partition coefficient (Wildman–Crippen LogP) is 4.47. The van der Waals surface area contributed by atoms with Gasteiger partial charge in [0.25, 0.3) is 0 Å². The third-order valence-electron chi connectivity index (χ3n) is 5.56. The summed E-state index contributed by atoms with van der Waals surface area (Å²) in [7, 11) is 0. The van der Waals surface area contributed by atoms with E-state index in [2.05, 4.69) is 6.07 Å². The fourth-order valence-electron chi connectivity index (χ4n) is 3.85. The van der Waals surface area contributed by atoms with Crippen molar-refractivity contribution in [1.29, 1.82) is 0 Å². The number of ketones is 1. The summed E-state index contributed by atoms with van der Waals surface area (Å²) in [5.41, 5.74) is 4.27. The second kappa shape index (κ2) is 7.63. The van der Waals surface area contributed by atoms with Crippen LogP contribution >= 0.6 is 0 Å². The Morgan fingerprint density at radius 1 is 0.963 bits per heavy atom. The van der Waals surface area contributed by atoms with E-state index in [0.717, 1.165) is 43.2 Å². The first-order valence-corrected chi connectivity index (χ1v) is 9.79. The van der Waals surface area contributed by atoms with E-state index in [9.17, 15) is 14.0 Å². The van der Waals surface area contributed by atoms with E-state index in [4.69, 9.17) is 0 Å². The number of carbonyl (C=O) groups excluding carboxylic acids is 2. The van der Waals surface area contributed by atoms with Gasteiger partial charge in [-0.1, -0.05) is 24.3 Å². The number of hydrogen-bond donors (Lipinski definition) is 0. The number of fused-ring (bicyclic) bond motifs is 1. The zero-order chi connectivity index (χ0) is 18.8. The van der Waals surface area contributed by atoms with Gasteiger partial charge in [0.1, 0.15) is 5.82 Å². The van der Waals surface area contributed by atoms with Gasteiger partial charge in [-0.3, -0.25) is 9.59 Å². The van der Waals surface area contributed by atoms with E-state index >= 15 is 0 Å². The molecule has 0 saturated heterocycles. The molecule has 2 aromatic carbocycles. The minimum absolute atomic E-state index is 0.0105. The van der Waals surface area contributed by atoms with Crippen LogP contribution in [0, 0.1) is 5.82 Å². The molecule has 3 nitrogen and oxygen atoms in total. The topological polar surface area (TPSA) is 37.4 Å². The van der Waals surface area contributed by atoms with Crippen molar-refractivity contribution in [3.05, 3.63) is 70.5 Å². The summed E-state index contributed by atoms with van der Waals surface area (Å²) in [6, 6.07) is 12.5. The van der Waals surface area contributed by atoms with Crippen molar-refractivity contribution >= 4 is 11.7 Å². The summed E-state index contributed by atoms with van der Waals surface area (Å²) >= 11 is 0. The number of rotatable bonds is 7. The number of carbonyl (C=O) groups is 2. The SMILES string of the molecule is O=C(CCC(=O)N(Cc1ccc(F)cc1)C1CC1)c1ccc2c(c1)CCC2. The summed E-state index contributed by atoms with van der Waals surface area (Å²) in [6.07, 6.45) is 5.78. The molecule has 4 heteroatoms. The van der Waals surface area contributed by atoms with Crippen molar-refractivity contribution < 1.29 is 14.0 Å². The molecular weight excluding hydrogens is 341 g/mol. The molecule has 2 aromatic rings. The average molecular weight is 365 g/mol. The lowest BCUT2D eigenvalue weighted by molar-refractivity contribution is -0.132. The lowest BCUT2D eigenvalue weighted by atomic mass is 10.0. The number of amides is 1. The van der Waals surface area contributed by atoms with Crippen LogP contribution in [0.2, 0.25) is 0 Å². The van der Waals surface area contributed by atoms with Crippen molar-refractivity contribution in [3.8, 4) is 0 Å². The highest BCUT2D eigenvalue weighted by atomic mass is 19.1. The highest BCUT2D eigenvalue weighted by molar-refractivity contribution is 5.98. The zero-order valence-corrected chi connectivity index (χ0v) is 15.4. The smallest absolute Gasteiger partial charge is 0.223 e. The Kier molecular flexibility index (Phi) is 5.06. The van der Waals surface area contributed by atoms with Crippen molar-refractivity contribution in [2.45, 2.75) is 57.5 Å². The molecule has 2 aliphatic rings. The molecule has 0 heterocycles. The molecule has 0 aromatic heterocycles. The van der Waals surface area contributed by atoms with Crippen molar-refractivity contribution in [3.63, 3.8) is 0 Å². The largest absolute Gasteiger partial charge is 0.335 e. The molecule has 0 unspecified atom stereocenters. The van der Waals surface area contributed by atoms with Crippen LogP contribution < -0.4 is 0 Å². The first kappa shape index (κ1) is 17.9. The van der Waals surface area contributed by atoms with E-state index in [1.54, 1.807) is 12.1 Å². The monoisotopic (exact) mass is 365 g/mol. The van der Waals surface area contributed by atoms with Gasteiger partial charge in [0.2, 0.25) is 5.91 Å². The summed E-state index contributed by atoms with van der Waals surface area (Å²) in [6.45, 7) is 0.483. The first-order chi connectivity index (χ1) is 13.1. The molecular formula is C23H24FNO2. The normalized spacial score (nSPS) is 15.4. The second-order valence-corrected chi connectivity index (χ2v) is 7.64. The van der Waals surface area contributed by atoms with Crippen LogP contribution in [0.4, 0.5) is 4.39 Å². The summed E-state index contributed by atoms with van der Waals surface area (Å²) in [4.78, 5) is 27.1. The van der Waals surface area contributed by atoms with Gasteiger partial charge < -0.3 is 4.90 Å². The Hall–Kier alpha value is -2.49. The Labute approximate surface area is 159 Å². The first-order valence-electron chi connectivity index (χ1n) is 9.79. The number of Topliss-reactive ketones (excluding diaryl/α,β-unsaturated/α-hetero) is 1. The van der Waals surface area contributed by atoms with Crippen LogP contribution in [0.3, 0.4) is 0 Å². The molecule has 1 saturated carbocycles. The molecule has 0 radical (unpaired) electrons. The van der Waals surface area contributed by atoms with Crippen molar-refractivity contribution in [1.82, 2.24) is 4.90 Å². The highest BCUT2D eigenvalue weighted by Gasteiger charge is 2.32. The summed E-state index contributed by atoms with van der Waals surface area (Å²) in [5, 5.41) is 0. The molecule has 1 fully saturated rings. The molecule has 27 heavy (non-hydrogen) atoms. The maximum atomic E-state index is 13.1. The fourth-order valence-corrected chi connectivity index (χ4v) is 3.85. The van der Waals surface area contributed by atoms with Crippen LogP contribution in [0.25, 0.3) is 0 Å². The average Bonchev–Trinajstić information content (AvgIpc) is 3.41. The summed E-state index contributed by atoms with van der Waals surface area (Å²) < 4.78 is 13.1. The maximum absolute atomic E-state index is 13.1. The third-order valence-corrected chi connectivity index (χ3v) is 5.56. The van der Waals surface area contributed by atoms with Gasteiger partial charge >= 0.3 is 0 Å². The van der Waals surface area contributed by atoms with Gasteiger partial charge in [0.05, 0.1) is 0 Å². The molecule has 0 N–H and O–H groups in total. The Morgan fingerprint density at radius 3 is 2.44 bits per heavy atom. The molecule has 4 rings (SSSR count). The van der Waals surface area contributed by atoms with E-state index in [-0.39, 0.29) is 36.4 Å². The van der Waals surface area contributed by atoms with Crippen LogP contribution in [-0.2, 0) is 24.2 Å². The van der Waals surface area contributed by atoms with Crippen LogP contribution in [0.5, 0.6) is 0 Å². The molecule has 1 amide bonds. The number of aryl methyl sites for hydroxylation is 2. The standard InChI is InChI=1S/C23H24FNO2/c24-20-8-4-16(5-9-20)15-25(21-10-11-21)23(27)13-12-22(26)19-7-6-17-2-1-3-18(17)14-19/h4-9,14,21H,1-3,10-13,15H2. The summed E-state index contributed by atoms with van der Waals surface area (Å²) in [5.74, 6) is -0.227. The number of halogens is 1. The van der Waals surface area contributed by atoms with Gasteiger partial charge in [-0.2, -0.15) is 0 Å². The highest BCUT2D eigenvalue weighted by Crippen LogP contribution is 2.29. The van der Waals surface area contributed by atoms with Crippen LogP contribution in [0.15, 0.2) is 42.5 Å². The molecule has 0 spiro atoms. The van der Waals surface area contributed by atoms with Gasteiger partial charge in [-0.25, -0.2) is 4.39 Å². The molecule has 0 atom stereocenters. The molecule has 2 aliphatic carbocycles. The lowest BCUT2D eigenvalue weighted by Crippen LogP contribution is -2.32. The number of nitrogens with zero attached hydrogens (tertiary/aromatic N) is 1. The number of hydrogen-bond acceptors (Lipinski definition) is 2. The van der Waals surface area contributed by atoms with E-state index < -0.39 is 0 Å². The van der Waals surface area contributed by atoms with Crippen LogP contribution in [0.1, 0.15) is 59.2 Å². The van der Waals surface area contributed by atoms with E-state index in [1.807, 2.05) is 17.0 Å². The maximum Gasteiger partial charge on any atom is 0.223 e. The van der Waals surface area contributed by atoms with Gasteiger partial charge in [-0.15, -0.1) is 0 Å². The molecule has 0 aliphatic heterocycles. The van der Waals surface area contributed by atoms with Crippen molar-refractivity contribution in [2.24, 2.45) is 0 Å². The Balaban J connectivity index is 1.36. The predicted molar refractivity (Wildman–Crippen MR) is 102 cm³/mol. The van der Waals surface area contributed by atoms with Gasteiger partial charge in [0.15, 0.2) is 5.78 Å². The Bertz CT molecular complexity index is 855. The second-order valence-electron chi connectivity index (χ2n) is 7.64. The molecule has 0 bridgehead atoms.